The molecule has 3 aromatic rings. The molecule has 10 heteroatoms. The van der Waals surface area contributed by atoms with Crippen LogP contribution in [0.1, 0.15) is 11.1 Å². The first-order chi connectivity index (χ1) is 14.2. The molecular weight excluding hydrogens is 424 g/mol. The number of halogens is 5. The number of carbonyl (C=O) groups excluding carboxylic acids is 1. The van der Waals surface area contributed by atoms with Crippen LogP contribution in [-0.4, -0.2) is 11.0 Å². The van der Waals surface area contributed by atoms with Crippen LogP contribution in [0.3, 0.4) is 0 Å². The van der Waals surface area contributed by atoms with Gasteiger partial charge in [-0.25, -0.2) is 9.18 Å². The molecule has 0 spiro atoms. The smallest absolute Gasteiger partial charge is 0.308 e. The van der Waals surface area contributed by atoms with Gasteiger partial charge in [-0.1, -0.05) is 23.7 Å². The van der Waals surface area contributed by atoms with E-state index in [2.05, 4.69) is 10.3 Å². The minimum Gasteiger partial charge on any atom is -0.308 e. The Hall–Kier alpha value is -3.64. The van der Waals surface area contributed by atoms with Crippen molar-refractivity contribution in [2.75, 3.05) is 10.6 Å². The van der Waals surface area contributed by atoms with Gasteiger partial charge in [-0.2, -0.15) is 18.4 Å². The first-order valence-electron chi connectivity index (χ1n) is 8.29. The van der Waals surface area contributed by atoms with Crippen molar-refractivity contribution in [3.8, 4) is 17.3 Å². The Kier molecular flexibility index (Phi) is 5.89. The van der Waals surface area contributed by atoms with Crippen LogP contribution in [0.15, 0.2) is 54.7 Å². The second kappa shape index (κ2) is 8.39. The van der Waals surface area contributed by atoms with Gasteiger partial charge in [-0.05, 0) is 36.4 Å². The average Bonchev–Trinajstić information content (AvgIpc) is 2.69. The number of carbonyl (C=O) groups is 1. The highest BCUT2D eigenvalue weighted by Gasteiger charge is 2.31. The number of pyridine rings is 1. The molecule has 0 saturated heterocycles. The maximum absolute atomic E-state index is 13.7. The van der Waals surface area contributed by atoms with Gasteiger partial charge in [0.15, 0.2) is 0 Å². The number of aromatic nitrogens is 1. The zero-order valence-corrected chi connectivity index (χ0v) is 15.6. The summed E-state index contributed by atoms with van der Waals surface area (Å²) >= 11 is 5.98. The van der Waals surface area contributed by atoms with Crippen molar-refractivity contribution < 1.29 is 22.4 Å². The Morgan fingerprint density at radius 3 is 2.40 bits per heavy atom. The highest BCUT2D eigenvalue weighted by molar-refractivity contribution is 6.32. The molecule has 0 aliphatic heterocycles. The Labute approximate surface area is 172 Å². The van der Waals surface area contributed by atoms with Gasteiger partial charge in [0.1, 0.15) is 11.9 Å². The average molecular weight is 435 g/mol. The van der Waals surface area contributed by atoms with E-state index in [0.29, 0.717) is 29.5 Å². The third kappa shape index (κ3) is 4.67. The van der Waals surface area contributed by atoms with Crippen molar-refractivity contribution in [2.24, 2.45) is 0 Å². The van der Waals surface area contributed by atoms with E-state index >= 15 is 0 Å². The number of alkyl halides is 3. The quantitative estimate of drug-likeness (QED) is 0.491. The Morgan fingerprint density at radius 2 is 1.77 bits per heavy atom. The van der Waals surface area contributed by atoms with Gasteiger partial charge in [0.25, 0.3) is 0 Å². The van der Waals surface area contributed by atoms with Crippen LogP contribution in [0, 0.1) is 17.1 Å². The number of nitriles is 1. The maximum Gasteiger partial charge on any atom is 0.416 e. The molecule has 0 radical (unpaired) electrons. The summed E-state index contributed by atoms with van der Waals surface area (Å²) in [6.45, 7) is 0. The third-order valence-corrected chi connectivity index (χ3v) is 4.28. The fraction of sp³-hybridized carbons (Fsp3) is 0.0500. The summed E-state index contributed by atoms with van der Waals surface area (Å²) in [5.41, 5.74) is -0.315. The fourth-order valence-corrected chi connectivity index (χ4v) is 2.75. The lowest BCUT2D eigenvalue weighted by molar-refractivity contribution is -0.137. The van der Waals surface area contributed by atoms with E-state index in [4.69, 9.17) is 11.6 Å². The number of benzene rings is 2. The third-order valence-electron chi connectivity index (χ3n) is 3.97. The SMILES string of the molecule is N#Cc1c(Cl)ccnc1-c1ccc(NC(=O)Nc2cc(C(F)(F)F)ccc2F)cc1. The Morgan fingerprint density at radius 1 is 1.07 bits per heavy atom. The lowest BCUT2D eigenvalue weighted by atomic mass is 10.1. The van der Waals surface area contributed by atoms with Crippen molar-refractivity contribution in [1.82, 2.24) is 4.98 Å². The number of urea groups is 1. The van der Waals surface area contributed by atoms with Crippen molar-refractivity contribution in [3.05, 3.63) is 76.7 Å². The predicted molar refractivity (Wildman–Crippen MR) is 103 cm³/mol. The Bertz CT molecular complexity index is 1140. The minimum absolute atomic E-state index is 0.192. The van der Waals surface area contributed by atoms with Crippen molar-refractivity contribution in [1.29, 1.82) is 5.26 Å². The lowest BCUT2D eigenvalue weighted by Crippen LogP contribution is -2.20. The van der Waals surface area contributed by atoms with E-state index in [9.17, 15) is 27.6 Å². The first-order valence-corrected chi connectivity index (χ1v) is 8.66. The minimum atomic E-state index is -4.67. The molecule has 3 rings (SSSR count). The van der Waals surface area contributed by atoms with Crippen molar-refractivity contribution in [3.63, 3.8) is 0 Å². The zero-order chi connectivity index (χ0) is 21.9. The lowest BCUT2D eigenvalue weighted by Gasteiger charge is -2.12. The predicted octanol–water partition coefficient (Wildman–Crippen LogP) is 6.08. The topological polar surface area (TPSA) is 77.8 Å². The molecule has 152 valence electrons. The molecule has 2 aromatic carbocycles. The van der Waals surface area contributed by atoms with E-state index < -0.39 is 29.3 Å². The Balaban J connectivity index is 1.75. The molecule has 1 heterocycles. The summed E-state index contributed by atoms with van der Waals surface area (Å²) in [4.78, 5) is 16.2. The molecule has 0 bridgehead atoms. The second-order valence-corrected chi connectivity index (χ2v) is 6.38. The number of nitrogens with one attached hydrogen (secondary N) is 2. The van der Waals surface area contributed by atoms with Crippen molar-refractivity contribution in [2.45, 2.75) is 6.18 Å². The van der Waals surface area contributed by atoms with E-state index in [1.54, 1.807) is 12.1 Å². The number of anilines is 2. The van der Waals surface area contributed by atoms with Gasteiger partial charge < -0.3 is 10.6 Å². The molecule has 0 fully saturated rings. The molecule has 0 aliphatic rings. The monoisotopic (exact) mass is 434 g/mol. The van der Waals surface area contributed by atoms with Crippen LogP contribution in [0.25, 0.3) is 11.3 Å². The summed E-state index contributed by atoms with van der Waals surface area (Å²) in [5, 5.41) is 13.9. The van der Waals surface area contributed by atoms with E-state index in [1.165, 1.54) is 24.4 Å². The summed E-state index contributed by atoms with van der Waals surface area (Å²) in [6, 6.07) is 10.3. The largest absolute Gasteiger partial charge is 0.416 e. The number of hydrogen-bond donors (Lipinski definition) is 2. The van der Waals surface area contributed by atoms with Crippen molar-refractivity contribution >= 4 is 29.0 Å². The molecule has 1 aromatic heterocycles. The van der Waals surface area contributed by atoms with Crippen LogP contribution in [0.2, 0.25) is 5.02 Å². The molecule has 30 heavy (non-hydrogen) atoms. The van der Waals surface area contributed by atoms with Crippen LogP contribution in [0.4, 0.5) is 33.7 Å². The van der Waals surface area contributed by atoms with Gasteiger partial charge in [-0.15, -0.1) is 0 Å². The van der Waals surface area contributed by atoms with Crippen LogP contribution < -0.4 is 10.6 Å². The maximum atomic E-state index is 13.7. The number of nitrogens with zero attached hydrogens (tertiary/aromatic N) is 2. The van der Waals surface area contributed by atoms with Gasteiger partial charge >= 0.3 is 12.2 Å². The summed E-state index contributed by atoms with van der Waals surface area (Å²) in [5.74, 6) is -1.01. The number of hydrogen-bond acceptors (Lipinski definition) is 3. The van der Waals surface area contributed by atoms with E-state index in [1.807, 2.05) is 11.4 Å². The fourth-order valence-electron chi connectivity index (χ4n) is 2.56. The van der Waals surface area contributed by atoms with Gasteiger partial charge in [0.2, 0.25) is 0 Å². The second-order valence-electron chi connectivity index (χ2n) is 5.98. The summed E-state index contributed by atoms with van der Waals surface area (Å²) < 4.78 is 52.0. The normalized spacial score (nSPS) is 10.9. The molecule has 5 nitrogen and oxygen atoms in total. The number of amides is 2. The van der Waals surface area contributed by atoms with Crippen LogP contribution in [0.5, 0.6) is 0 Å². The van der Waals surface area contributed by atoms with E-state index in [-0.39, 0.29) is 16.3 Å². The van der Waals surface area contributed by atoms with Crippen LogP contribution >= 0.6 is 11.6 Å². The molecule has 0 aliphatic carbocycles. The molecule has 0 atom stereocenters. The van der Waals surface area contributed by atoms with Crippen LogP contribution in [-0.2, 0) is 6.18 Å². The molecule has 2 amide bonds. The van der Waals surface area contributed by atoms with Gasteiger partial charge in [-0.3, -0.25) is 4.98 Å². The summed E-state index contributed by atoms with van der Waals surface area (Å²) in [7, 11) is 0. The van der Waals surface area contributed by atoms with Gasteiger partial charge in [0.05, 0.1) is 27.5 Å². The zero-order valence-electron chi connectivity index (χ0n) is 14.9. The number of rotatable bonds is 3. The standard InChI is InChI=1S/C20H11ClF4N4O/c21-15-7-8-27-18(14(15)10-26)11-1-4-13(5-2-11)28-19(30)29-17-9-12(20(23,24)25)3-6-16(17)22/h1-9H,(H2,28,29,30). The van der Waals surface area contributed by atoms with Gasteiger partial charge in [0, 0.05) is 17.4 Å². The molecule has 0 unspecified atom stereocenters. The molecular formula is C20H11ClF4N4O. The summed E-state index contributed by atoms with van der Waals surface area (Å²) in [6.07, 6.45) is -3.23. The molecule has 2 N–H and O–H groups in total. The first kappa shape index (κ1) is 21.1. The highest BCUT2D eigenvalue weighted by atomic mass is 35.5. The molecule has 0 saturated carbocycles. The highest BCUT2D eigenvalue weighted by Crippen LogP contribution is 2.32. The van der Waals surface area contributed by atoms with E-state index in [0.717, 1.165) is 0 Å².